The van der Waals surface area contributed by atoms with Crippen LogP contribution in [-0.2, 0) is 17.6 Å². The number of hydrogen-bond donors (Lipinski definition) is 0. The molecule has 0 N–H and O–H groups in total. The van der Waals surface area contributed by atoms with Gasteiger partial charge in [-0.1, -0.05) is 181 Å². The largest absolute Gasteiger partial charge is 0.299 e. The van der Waals surface area contributed by atoms with Crippen molar-refractivity contribution in [3.8, 4) is 0 Å². The van der Waals surface area contributed by atoms with Gasteiger partial charge in [-0.25, -0.2) is 0 Å². The van der Waals surface area contributed by atoms with Crippen LogP contribution in [0.5, 0.6) is 0 Å². The molecule has 0 radical (unpaired) electrons. The van der Waals surface area contributed by atoms with Crippen molar-refractivity contribution in [1.82, 2.24) is 0 Å². The van der Waals surface area contributed by atoms with Crippen molar-refractivity contribution in [2.45, 2.75) is 219 Å². The van der Waals surface area contributed by atoms with E-state index < -0.39 is 0 Å². The average Bonchev–Trinajstić information content (AvgIpc) is 3.71. The number of aryl methyl sites for hydroxylation is 2. The molecule has 3 heteroatoms. The SMILES string of the molecule is CCCCCCCCCCCCCCCCc1ccsc1C(C(C)=O)c1sccc1CCCCCCCCCCCCCCCC. The van der Waals surface area contributed by atoms with Gasteiger partial charge in [-0.2, -0.15) is 0 Å². The third-order valence-electron chi connectivity index (χ3n) is 10.1. The molecule has 0 aliphatic rings. The lowest BCUT2D eigenvalue weighted by molar-refractivity contribution is -0.117. The standard InChI is InChI=1S/C43H74OS2/c1-4-6-8-10-12-14-16-18-20-22-24-26-28-30-32-39-34-36-45-42(39)41(38(3)44)43-40(35-37-46-43)33-31-29-27-25-23-21-19-17-15-13-11-9-7-5-2/h34-37,41H,4-33H2,1-3H3. The average molecular weight is 671 g/mol. The molecule has 2 rings (SSSR count). The van der Waals surface area contributed by atoms with E-state index in [1.807, 2.05) is 29.6 Å². The molecule has 0 aromatic carbocycles. The van der Waals surface area contributed by atoms with Crippen LogP contribution < -0.4 is 0 Å². The van der Waals surface area contributed by atoms with Crippen LogP contribution in [0.2, 0.25) is 0 Å². The third-order valence-corrected chi connectivity index (χ3v) is 12.1. The summed E-state index contributed by atoms with van der Waals surface area (Å²) in [5, 5.41) is 4.45. The van der Waals surface area contributed by atoms with Gasteiger partial charge in [-0.3, -0.25) is 4.79 Å². The molecule has 0 saturated heterocycles. The van der Waals surface area contributed by atoms with Gasteiger partial charge in [0.2, 0.25) is 0 Å². The van der Waals surface area contributed by atoms with Gasteiger partial charge in [0, 0.05) is 9.75 Å². The first-order valence-corrected chi connectivity index (χ1v) is 22.1. The van der Waals surface area contributed by atoms with Crippen LogP contribution in [0.15, 0.2) is 22.9 Å². The molecule has 264 valence electrons. The minimum absolute atomic E-state index is 0.0525. The van der Waals surface area contributed by atoms with Crippen molar-refractivity contribution in [3.63, 3.8) is 0 Å². The second-order valence-electron chi connectivity index (χ2n) is 14.4. The summed E-state index contributed by atoms with van der Waals surface area (Å²) >= 11 is 3.63. The van der Waals surface area contributed by atoms with Gasteiger partial charge in [0.15, 0.2) is 0 Å². The molecule has 0 amide bonds. The highest BCUT2D eigenvalue weighted by atomic mass is 32.1. The predicted molar refractivity (Wildman–Crippen MR) is 209 cm³/mol. The zero-order chi connectivity index (χ0) is 32.9. The number of unbranched alkanes of at least 4 members (excludes halogenated alkanes) is 26. The highest BCUT2D eigenvalue weighted by Crippen LogP contribution is 2.38. The third kappa shape index (κ3) is 19.2. The molecule has 0 saturated carbocycles. The number of rotatable bonds is 33. The molecular formula is C43H74OS2. The zero-order valence-electron chi connectivity index (χ0n) is 30.8. The van der Waals surface area contributed by atoms with E-state index in [9.17, 15) is 4.79 Å². The number of ketones is 1. The minimum Gasteiger partial charge on any atom is -0.299 e. The number of hydrogen-bond acceptors (Lipinski definition) is 3. The van der Waals surface area contributed by atoms with Crippen molar-refractivity contribution in [1.29, 1.82) is 0 Å². The maximum Gasteiger partial charge on any atom is 0.143 e. The lowest BCUT2D eigenvalue weighted by Crippen LogP contribution is -2.11. The molecular weight excluding hydrogens is 597 g/mol. The topological polar surface area (TPSA) is 17.1 Å². The molecule has 46 heavy (non-hydrogen) atoms. The molecule has 2 aromatic rings. The second-order valence-corrected chi connectivity index (χ2v) is 16.3. The molecule has 0 bridgehead atoms. The van der Waals surface area contributed by atoms with E-state index in [1.165, 1.54) is 201 Å². The summed E-state index contributed by atoms with van der Waals surface area (Å²) in [5.41, 5.74) is 2.86. The fourth-order valence-electron chi connectivity index (χ4n) is 7.12. The minimum atomic E-state index is -0.0525. The first-order chi connectivity index (χ1) is 22.7. The summed E-state index contributed by atoms with van der Waals surface area (Å²) in [6, 6.07) is 4.61. The molecule has 1 nitrogen and oxygen atoms in total. The Morgan fingerprint density at radius 2 is 0.717 bits per heavy atom. The Morgan fingerprint density at radius 3 is 0.978 bits per heavy atom. The van der Waals surface area contributed by atoms with Gasteiger partial charge in [0.1, 0.15) is 5.78 Å². The number of thiophene rings is 2. The van der Waals surface area contributed by atoms with Crippen molar-refractivity contribution in [2.24, 2.45) is 0 Å². The summed E-state index contributed by atoms with van der Waals surface area (Å²) in [6.07, 6.45) is 41.4. The van der Waals surface area contributed by atoms with Crippen LogP contribution in [0.1, 0.15) is 227 Å². The zero-order valence-corrected chi connectivity index (χ0v) is 32.5. The molecule has 0 atom stereocenters. The van der Waals surface area contributed by atoms with Crippen LogP contribution in [0.4, 0.5) is 0 Å². The Morgan fingerprint density at radius 1 is 0.457 bits per heavy atom. The Hall–Kier alpha value is -0.930. The normalized spacial score (nSPS) is 11.7. The summed E-state index contributed by atoms with van der Waals surface area (Å²) < 4.78 is 0. The fourth-order valence-corrected chi connectivity index (χ4v) is 9.44. The van der Waals surface area contributed by atoms with E-state index in [2.05, 4.69) is 36.7 Å². The van der Waals surface area contributed by atoms with Gasteiger partial charge in [0.25, 0.3) is 0 Å². The van der Waals surface area contributed by atoms with Crippen molar-refractivity contribution >= 4 is 28.5 Å². The molecule has 0 aliphatic heterocycles. The maximum atomic E-state index is 13.1. The highest BCUT2D eigenvalue weighted by molar-refractivity contribution is 7.12. The molecule has 2 aromatic heterocycles. The van der Waals surface area contributed by atoms with Crippen molar-refractivity contribution < 1.29 is 4.79 Å². The smallest absolute Gasteiger partial charge is 0.143 e. The van der Waals surface area contributed by atoms with Crippen molar-refractivity contribution in [2.75, 3.05) is 0 Å². The Labute approximate surface area is 295 Å². The Kier molecular flexibility index (Phi) is 26.0. The van der Waals surface area contributed by atoms with E-state index in [1.54, 1.807) is 0 Å². The van der Waals surface area contributed by atoms with Crippen LogP contribution >= 0.6 is 22.7 Å². The molecule has 0 aliphatic carbocycles. The molecule has 2 heterocycles. The van der Waals surface area contributed by atoms with Gasteiger partial charge < -0.3 is 0 Å². The van der Waals surface area contributed by atoms with Gasteiger partial charge in [-0.15, -0.1) is 22.7 Å². The Balaban J connectivity index is 1.60. The van der Waals surface area contributed by atoms with Crippen LogP contribution in [-0.4, -0.2) is 5.78 Å². The summed E-state index contributed by atoms with van der Waals surface area (Å²) in [7, 11) is 0. The monoisotopic (exact) mass is 671 g/mol. The van der Waals surface area contributed by atoms with E-state index in [4.69, 9.17) is 0 Å². The molecule has 0 unspecified atom stereocenters. The lowest BCUT2D eigenvalue weighted by atomic mass is 9.92. The van der Waals surface area contributed by atoms with Gasteiger partial charge in [0.05, 0.1) is 5.92 Å². The quantitative estimate of drug-likeness (QED) is 0.0691. The first-order valence-electron chi connectivity index (χ1n) is 20.3. The number of carbonyl (C=O) groups is 1. The lowest BCUT2D eigenvalue weighted by Gasteiger charge is -2.16. The van der Waals surface area contributed by atoms with E-state index in [0.29, 0.717) is 5.78 Å². The fraction of sp³-hybridized carbons (Fsp3) is 0.791. The first kappa shape index (κ1) is 41.2. The van der Waals surface area contributed by atoms with Crippen LogP contribution in [0.25, 0.3) is 0 Å². The van der Waals surface area contributed by atoms with Crippen molar-refractivity contribution in [3.05, 3.63) is 43.8 Å². The second kappa shape index (κ2) is 29.0. The number of carbonyl (C=O) groups excluding carboxylic acids is 1. The highest BCUT2D eigenvalue weighted by Gasteiger charge is 2.26. The predicted octanol–water partition coefficient (Wildman–Crippen LogP) is 15.6. The summed E-state index contributed by atoms with van der Waals surface area (Å²) in [5.74, 6) is 0.262. The maximum absolute atomic E-state index is 13.1. The summed E-state index contributed by atoms with van der Waals surface area (Å²) in [6.45, 7) is 6.41. The molecule has 0 spiro atoms. The number of Topliss-reactive ketones (excluding diaryl/α,β-unsaturated/α-hetero) is 1. The summed E-state index contributed by atoms with van der Waals surface area (Å²) in [4.78, 5) is 15.7. The van der Waals surface area contributed by atoms with E-state index in [0.717, 1.165) is 12.8 Å². The van der Waals surface area contributed by atoms with Gasteiger partial charge in [-0.05, 0) is 66.6 Å². The van der Waals surface area contributed by atoms with E-state index in [-0.39, 0.29) is 5.92 Å². The van der Waals surface area contributed by atoms with Crippen LogP contribution in [0, 0.1) is 0 Å². The van der Waals surface area contributed by atoms with E-state index >= 15 is 0 Å². The molecule has 0 fully saturated rings. The van der Waals surface area contributed by atoms with Gasteiger partial charge >= 0.3 is 0 Å². The van der Waals surface area contributed by atoms with Crippen LogP contribution in [0.3, 0.4) is 0 Å². The Bertz CT molecular complexity index is 885.